The minimum atomic E-state index is -0.0910. The maximum absolute atomic E-state index is 6.38. The minimum Gasteiger partial charge on any atom is -0.374 e. The van der Waals surface area contributed by atoms with Crippen LogP contribution in [0.15, 0.2) is 5.38 Å². The Hall–Kier alpha value is -0.450. The first-order valence-electron chi connectivity index (χ1n) is 6.47. The van der Waals surface area contributed by atoms with Crippen molar-refractivity contribution in [2.75, 3.05) is 6.61 Å². The lowest BCUT2D eigenvalue weighted by Gasteiger charge is -2.34. The van der Waals surface area contributed by atoms with Gasteiger partial charge in [-0.2, -0.15) is 0 Å². The SMILES string of the molecule is CCOC1(C(N)Cc2csc(C)n2)CCCC1. The average molecular weight is 254 g/mol. The molecule has 17 heavy (non-hydrogen) atoms. The van der Waals surface area contributed by atoms with E-state index < -0.39 is 0 Å². The van der Waals surface area contributed by atoms with Crippen molar-refractivity contribution in [3.05, 3.63) is 16.1 Å². The zero-order valence-corrected chi connectivity index (χ0v) is 11.6. The van der Waals surface area contributed by atoms with E-state index in [9.17, 15) is 0 Å². The number of hydrogen-bond acceptors (Lipinski definition) is 4. The largest absolute Gasteiger partial charge is 0.374 e. The van der Waals surface area contributed by atoms with Crippen LogP contribution in [0.25, 0.3) is 0 Å². The molecular formula is C13H22N2OS. The van der Waals surface area contributed by atoms with Gasteiger partial charge in [0.25, 0.3) is 0 Å². The van der Waals surface area contributed by atoms with Crippen molar-refractivity contribution in [1.82, 2.24) is 4.98 Å². The van der Waals surface area contributed by atoms with Gasteiger partial charge in [0, 0.05) is 24.4 Å². The summed E-state index contributed by atoms with van der Waals surface area (Å²) in [6.45, 7) is 4.84. The number of aryl methyl sites for hydroxylation is 1. The number of aromatic nitrogens is 1. The Kier molecular flexibility index (Phi) is 4.17. The van der Waals surface area contributed by atoms with Gasteiger partial charge in [-0.1, -0.05) is 12.8 Å². The van der Waals surface area contributed by atoms with Crippen LogP contribution < -0.4 is 5.73 Å². The summed E-state index contributed by atoms with van der Waals surface area (Å²) in [6, 6.07) is 0.0754. The molecule has 3 nitrogen and oxygen atoms in total. The summed E-state index contributed by atoms with van der Waals surface area (Å²) in [7, 11) is 0. The van der Waals surface area contributed by atoms with Crippen molar-refractivity contribution in [3.63, 3.8) is 0 Å². The molecular weight excluding hydrogens is 232 g/mol. The van der Waals surface area contributed by atoms with Crippen LogP contribution in [0.5, 0.6) is 0 Å². The number of hydrogen-bond donors (Lipinski definition) is 1. The van der Waals surface area contributed by atoms with Crippen LogP contribution in [0.2, 0.25) is 0 Å². The molecule has 1 atom stereocenters. The van der Waals surface area contributed by atoms with Gasteiger partial charge in [-0.3, -0.25) is 0 Å². The lowest BCUT2D eigenvalue weighted by atomic mass is 9.89. The predicted molar refractivity (Wildman–Crippen MR) is 71.4 cm³/mol. The summed E-state index contributed by atoms with van der Waals surface area (Å²) >= 11 is 1.69. The highest BCUT2D eigenvalue weighted by molar-refractivity contribution is 7.09. The lowest BCUT2D eigenvalue weighted by Crippen LogP contribution is -2.49. The molecule has 0 saturated heterocycles. The standard InChI is InChI=1S/C13H22N2OS/c1-3-16-13(6-4-5-7-13)12(14)8-11-9-17-10(2)15-11/h9,12H,3-8,14H2,1-2H3. The van der Waals surface area contributed by atoms with Gasteiger partial charge in [-0.05, 0) is 26.7 Å². The number of ether oxygens (including phenoxy) is 1. The second-order valence-corrected chi connectivity index (χ2v) is 5.94. The molecule has 1 heterocycles. The fourth-order valence-corrected chi connectivity index (χ4v) is 3.42. The maximum atomic E-state index is 6.38. The Labute approximate surface area is 107 Å². The minimum absolute atomic E-state index is 0.0754. The summed E-state index contributed by atoms with van der Waals surface area (Å²) in [5.74, 6) is 0. The van der Waals surface area contributed by atoms with E-state index in [4.69, 9.17) is 10.5 Å². The van der Waals surface area contributed by atoms with Gasteiger partial charge in [-0.25, -0.2) is 4.98 Å². The Bertz CT molecular complexity index is 358. The zero-order chi connectivity index (χ0) is 12.3. The third kappa shape index (κ3) is 2.87. The van der Waals surface area contributed by atoms with Gasteiger partial charge in [0.1, 0.15) is 0 Å². The normalized spacial score (nSPS) is 20.6. The third-order valence-corrected chi connectivity index (χ3v) is 4.48. The molecule has 1 aromatic rings. The first-order chi connectivity index (χ1) is 8.16. The van der Waals surface area contributed by atoms with Crippen LogP contribution in [0.4, 0.5) is 0 Å². The second kappa shape index (κ2) is 5.46. The van der Waals surface area contributed by atoms with E-state index in [1.165, 1.54) is 12.8 Å². The van der Waals surface area contributed by atoms with Crippen LogP contribution in [-0.2, 0) is 11.2 Å². The van der Waals surface area contributed by atoms with Crippen LogP contribution in [0, 0.1) is 6.92 Å². The molecule has 0 bridgehead atoms. The first kappa shape index (κ1) is 13.0. The van der Waals surface area contributed by atoms with E-state index in [-0.39, 0.29) is 11.6 Å². The number of nitrogens with two attached hydrogens (primary N) is 1. The molecule has 0 aromatic carbocycles. The number of nitrogens with zero attached hydrogens (tertiary/aromatic N) is 1. The predicted octanol–water partition coefficient (Wildman–Crippen LogP) is 2.67. The molecule has 1 aromatic heterocycles. The van der Waals surface area contributed by atoms with Crippen molar-refractivity contribution in [1.29, 1.82) is 0 Å². The zero-order valence-electron chi connectivity index (χ0n) is 10.7. The molecule has 0 spiro atoms. The Morgan fingerprint density at radius 3 is 2.76 bits per heavy atom. The summed E-state index contributed by atoms with van der Waals surface area (Å²) in [6.07, 6.45) is 5.52. The van der Waals surface area contributed by atoms with Gasteiger partial charge < -0.3 is 10.5 Å². The van der Waals surface area contributed by atoms with Gasteiger partial charge in [0.15, 0.2) is 0 Å². The molecule has 96 valence electrons. The first-order valence-corrected chi connectivity index (χ1v) is 7.35. The molecule has 1 aliphatic rings. The fraction of sp³-hybridized carbons (Fsp3) is 0.769. The lowest BCUT2D eigenvalue weighted by molar-refractivity contribution is -0.0526. The van der Waals surface area contributed by atoms with Gasteiger partial charge in [-0.15, -0.1) is 11.3 Å². The molecule has 2 rings (SSSR count). The summed E-state index contributed by atoms with van der Waals surface area (Å²) in [4.78, 5) is 4.50. The van der Waals surface area contributed by atoms with Crippen molar-refractivity contribution >= 4 is 11.3 Å². The highest BCUT2D eigenvalue weighted by atomic mass is 32.1. The summed E-state index contributed by atoms with van der Waals surface area (Å²) < 4.78 is 5.98. The molecule has 1 unspecified atom stereocenters. The van der Waals surface area contributed by atoms with E-state index in [2.05, 4.69) is 17.3 Å². The van der Waals surface area contributed by atoms with Crippen molar-refractivity contribution in [2.45, 2.75) is 57.6 Å². The third-order valence-electron chi connectivity index (χ3n) is 3.65. The Morgan fingerprint density at radius 1 is 1.53 bits per heavy atom. The summed E-state index contributed by atoms with van der Waals surface area (Å²) in [5, 5.41) is 3.23. The van der Waals surface area contributed by atoms with E-state index in [0.717, 1.165) is 36.6 Å². The number of thiazole rings is 1. The van der Waals surface area contributed by atoms with E-state index in [1.807, 2.05) is 6.92 Å². The molecule has 1 saturated carbocycles. The Morgan fingerprint density at radius 2 is 2.24 bits per heavy atom. The molecule has 1 fully saturated rings. The molecule has 0 aliphatic heterocycles. The molecule has 1 aliphatic carbocycles. The second-order valence-electron chi connectivity index (χ2n) is 4.87. The van der Waals surface area contributed by atoms with Crippen LogP contribution in [0.1, 0.15) is 43.3 Å². The molecule has 4 heteroatoms. The Balaban J connectivity index is 2.03. The highest BCUT2D eigenvalue weighted by Gasteiger charge is 2.40. The van der Waals surface area contributed by atoms with Crippen molar-refractivity contribution in [2.24, 2.45) is 5.73 Å². The molecule has 0 radical (unpaired) electrons. The van der Waals surface area contributed by atoms with E-state index >= 15 is 0 Å². The molecule has 0 amide bonds. The van der Waals surface area contributed by atoms with Gasteiger partial charge >= 0.3 is 0 Å². The smallest absolute Gasteiger partial charge is 0.0897 e. The van der Waals surface area contributed by atoms with Crippen molar-refractivity contribution < 1.29 is 4.74 Å². The number of rotatable bonds is 5. The quantitative estimate of drug-likeness (QED) is 0.879. The van der Waals surface area contributed by atoms with Gasteiger partial charge in [0.05, 0.1) is 16.3 Å². The van der Waals surface area contributed by atoms with Crippen LogP contribution >= 0.6 is 11.3 Å². The highest BCUT2D eigenvalue weighted by Crippen LogP contribution is 2.36. The average Bonchev–Trinajstić information content (AvgIpc) is 2.89. The monoisotopic (exact) mass is 254 g/mol. The topological polar surface area (TPSA) is 48.1 Å². The molecule has 2 N–H and O–H groups in total. The fourth-order valence-electron chi connectivity index (χ4n) is 2.80. The van der Waals surface area contributed by atoms with E-state index in [1.54, 1.807) is 11.3 Å². The van der Waals surface area contributed by atoms with E-state index in [0.29, 0.717) is 0 Å². The van der Waals surface area contributed by atoms with Crippen molar-refractivity contribution in [3.8, 4) is 0 Å². The van der Waals surface area contributed by atoms with Gasteiger partial charge in [0.2, 0.25) is 0 Å². The maximum Gasteiger partial charge on any atom is 0.0897 e. The summed E-state index contributed by atoms with van der Waals surface area (Å²) in [5.41, 5.74) is 7.41. The van der Waals surface area contributed by atoms with Crippen LogP contribution in [0.3, 0.4) is 0 Å². The van der Waals surface area contributed by atoms with Crippen LogP contribution in [-0.4, -0.2) is 23.2 Å².